The summed E-state index contributed by atoms with van der Waals surface area (Å²) in [6.45, 7) is 3.22. The predicted molar refractivity (Wildman–Crippen MR) is 94.8 cm³/mol. The van der Waals surface area contributed by atoms with Gasteiger partial charge in [0.05, 0.1) is 0 Å². The molecule has 1 aliphatic heterocycles. The third kappa shape index (κ3) is 4.20. The van der Waals surface area contributed by atoms with Gasteiger partial charge in [-0.2, -0.15) is 0 Å². The average molecular weight is 411 g/mol. The molecular formula is C18H19FINO. The fraction of sp³-hybridized carbons (Fsp3) is 0.333. The zero-order valence-electron chi connectivity index (χ0n) is 12.4. The molecule has 0 radical (unpaired) electrons. The Bertz CT molecular complexity index is 623. The van der Waals surface area contributed by atoms with Crippen LogP contribution in [-0.2, 0) is 6.54 Å². The Balaban J connectivity index is 1.78. The second-order valence-corrected chi connectivity index (χ2v) is 6.89. The highest BCUT2D eigenvalue weighted by atomic mass is 127. The van der Waals surface area contributed by atoms with Crippen molar-refractivity contribution in [2.75, 3.05) is 13.1 Å². The molecule has 1 heterocycles. The lowest BCUT2D eigenvalue weighted by Crippen LogP contribution is -2.29. The maximum atomic E-state index is 13.0. The molecule has 2 nitrogen and oxygen atoms in total. The Morgan fingerprint density at radius 2 is 1.73 bits per heavy atom. The molecule has 4 heteroatoms. The van der Waals surface area contributed by atoms with Crippen LogP contribution in [0.1, 0.15) is 24.8 Å². The van der Waals surface area contributed by atoms with Crippen molar-refractivity contribution in [1.29, 1.82) is 0 Å². The minimum absolute atomic E-state index is 0.247. The van der Waals surface area contributed by atoms with Crippen molar-refractivity contribution >= 4 is 22.6 Å². The van der Waals surface area contributed by atoms with E-state index in [9.17, 15) is 4.39 Å². The van der Waals surface area contributed by atoms with Gasteiger partial charge in [0.2, 0.25) is 0 Å². The van der Waals surface area contributed by atoms with Gasteiger partial charge < -0.3 is 4.74 Å². The molecule has 0 saturated carbocycles. The summed E-state index contributed by atoms with van der Waals surface area (Å²) in [6.07, 6.45) is 3.89. The van der Waals surface area contributed by atoms with Crippen molar-refractivity contribution in [2.45, 2.75) is 25.8 Å². The van der Waals surface area contributed by atoms with Crippen LogP contribution in [0.3, 0.4) is 0 Å². The molecule has 22 heavy (non-hydrogen) atoms. The normalized spacial score (nSPS) is 15.7. The van der Waals surface area contributed by atoms with Crippen LogP contribution in [0.5, 0.6) is 11.5 Å². The molecule has 2 aromatic carbocycles. The van der Waals surface area contributed by atoms with Crippen molar-refractivity contribution < 1.29 is 9.13 Å². The molecule has 1 fully saturated rings. The number of benzene rings is 2. The first-order chi connectivity index (χ1) is 10.7. The number of likely N-dealkylation sites (tertiary alicyclic amines) is 1. The second kappa shape index (κ2) is 7.42. The van der Waals surface area contributed by atoms with E-state index < -0.39 is 0 Å². The molecule has 0 aromatic heterocycles. The molecular weight excluding hydrogens is 392 g/mol. The highest BCUT2D eigenvalue weighted by molar-refractivity contribution is 14.1. The highest BCUT2D eigenvalue weighted by Gasteiger charge is 2.14. The predicted octanol–water partition coefficient (Wildman–Crippen LogP) is 5.21. The average Bonchev–Trinajstić information content (AvgIpc) is 2.53. The van der Waals surface area contributed by atoms with Gasteiger partial charge in [-0.05, 0) is 91.0 Å². The number of rotatable bonds is 4. The number of hydrogen-bond donors (Lipinski definition) is 0. The number of ether oxygens (including phenoxy) is 1. The summed E-state index contributed by atoms with van der Waals surface area (Å²) < 4.78 is 20.2. The molecule has 2 aromatic rings. The molecule has 0 amide bonds. The third-order valence-electron chi connectivity index (χ3n) is 3.91. The molecule has 0 unspecified atom stereocenters. The van der Waals surface area contributed by atoms with E-state index in [2.05, 4.69) is 33.6 Å². The quantitative estimate of drug-likeness (QED) is 0.641. The fourth-order valence-electron chi connectivity index (χ4n) is 2.76. The van der Waals surface area contributed by atoms with Gasteiger partial charge in [-0.3, -0.25) is 4.90 Å². The standard InChI is InChI=1S/C18H19FINO/c19-15-4-7-17(8-5-15)22-18-9-6-16(20)12-14(18)13-21-10-2-1-3-11-21/h4-9,12H,1-3,10-11,13H2. The van der Waals surface area contributed by atoms with E-state index in [1.165, 1.54) is 40.5 Å². The molecule has 0 bridgehead atoms. The zero-order valence-corrected chi connectivity index (χ0v) is 14.6. The fourth-order valence-corrected chi connectivity index (χ4v) is 3.31. The van der Waals surface area contributed by atoms with Crippen molar-refractivity contribution in [3.63, 3.8) is 0 Å². The third-order valence-corrected chi connectivity index (χ3v) is 4.58. The summed E-state index contributed by atoms with van der Waals surface area (Å²) >= 11 is 2.33. The van der Waals surface area contributed by atoms with Gasteiger partial charge in [-0.25, -0.2) is 4.39 Å². The Morgan fingerprint density at radius 3 is 2.45 bits per heavy atom. The molecule has 0 aliphatic carbocycles. The lowest BCUT2D eigenvalue weighted by Gasteiger charge is -2.27. The van der Waals surface area contributed by atoms with Crippen LogP contribution in [-0.4, -0.2) is 18.0 Å². The number of halogens is 2. The topological polar surface area (TPSA) is 12.5 Å². The molecule has 0 spiro atoms. The lowest BCUT2D eigenvalue weighted by molar-refractivity contribution is 0.219. The maximum Gasteiger partial charge on any atom is 0.131 e. The molecule has 1 aliphatic rings. The summed E-state index contributed by atoms with van der Waals surface area (Å²) in [7, 11) is 0. The number of piperidine rings is 1. The summed E-state index contributed by atoms with van der Waals surface area (Å²) in [4.78, 5) is 2.48. The SMILES string of the molecule is Fc1ccc(Oc2ccc(I)cc2CN2CCCCC2)cc1. The smallest absolute Gasteiger partial charge is 0.131 e. The van der Waals surface area contributed by atoms with Crippen LogP contribution in [0.25, 0.3) is 0 Å². The van der Waals surface area contributed by atoms with Gasteiger partial charge in [0, 0.05) is 15.7 Å². The van der Waals surface area contributed by atoms with Crippen LogP contribution < -0.4 is 4.74 Å². The minimum atomic E-state index is -0.247. The Labute approximate surface area is 144 Å². The monoisotopic (exact) mass is 411 g/mol. The summed E-state index contributed by atoms with van der Waals surface area (Å²) in [5.74, 6) is 1.28. The van der Waals surface area contributed by atoms with E-state index in [4.69, 9.17) is 4.74 Å². The highest BCUT2D eigenvalue weighted by Crippen LogP contribution is 2.28. The van der Waals surface area contributed by atoms with E-state index in [1.54, 1.807) is 12.1 Å². The summed E-state index contributed by atoms with van der Waals surface area (Å²) in [6, 6.07) is 12.4. The zero-order chi connectivity index (χ0) is 15.4. The van der Waals surface area contributed by atoms with Crippen LogP contribution in [0, 0.1) is 9.39 Å². The Kier molecular flexibility index (Phi) is 5.31. The van der Waals surface area contributed by atoms with E-state index >= 15 is 0 Å². The van der Waals surface area contributed by atoms with E-state index in [1.807, 2.05) is 12.1 Å². The number of nitrogens with zero attached hydrogens (tertiary/aromatic N) is 1. The van der Waals surface area contributed by atoms with Crippen molar-refractivity contribution in [2.24, 2.45) is 0 Å². The van der Waals surface area contributed by atoms with Crippen LogP contribution >= 0.6 is 22.6 Å². The van der Waals surface area contributed by atoms with Crippen LogP contribution in [0.2, 0.25) is 0 Å². The molecule has 116 valence electrons. The maximum absolute atomic E-state index is 13.0. The Morgan fingerprint density at radius 1 is 1.00 bits per heavy atom. The van der Waals surface area contributed by atoms with Crippen LogP contribution in [0.15, 0.2) is 42.5 Å². The van der Waals surface area contributed by atoms with Crippen molar-refractivity contribution in [3.05, 3.63) is 57.4 Å². The van der Waals surface area contributed by atoms with E-state index in [0.717, 1.165) is 25.4 Å². The van der Waals surface area contributed by atoms with Crippen molar-refractivity contribution in [1.82, 2.24) is 4.90 Å². The molecule has 0 atom stereocenters. The van der Waals surface area contributed by atoms with Gasteiger partial charge in [-0.15, -0.1) is 0 Å². The molecule has 0 N–H and O–H groups in total. The molecule has 1 saturated heterocycles. The van der Waals surface area contributed by atoms with Crippen LogP contribution in [0.4, 0.5) is 4.39 Å². The number of hydrogen-bond acceptors (Lipinski definition) is 2. The minimum Gasteiger partial charge on any atom is -0.457 e. The first-order valence-electron chi connectivity index (χ1n) is 7.65. The largest absolute Gasteiger partial charge is 0.457 e. The van der Waals surface area contributed by atoms with Gasteiger partial charge in [0.25, 0.3) is 0 Å². The van der Waals surface area contributed by atoms with E-state index in [-0.39, 0.29) is 5.82 Å². The van der Waals surface area contributed by atoms with Gasteiger partial charge >= 0.3 is 0 Å². The van der Waals surface area contributed by atoms with Gasteiger partial charge in [0.15, 0.2) is 0 Å². The lowest BCUT2D eigenvalue weighted by atomic mass is 10.1. The molecule has 3 rings (SSSR count). The summed E-state index contributed by atoms with van der Waals surface area (Å²) in [5.41, 5.74) is 1.19. The first-order valence-corrected chi connectivity index (χ1v) is 8.73. The summed E-state index contributed by atoms with van der Waals surface area (Å²) in [5, 5.41) is 0. The van der Waals surface area contributed by atoms with Gasteiger partial charge in [-0.1, -0.05) is 6.42 Å². The second-order valence-electron chi connectivity index (χ2n) is 5.64. The van der Waals surface area contributed by atoms with E-state index in [0.29, 0.717) is 5.75 Å². The first kappa shape index (κ1) is 15.7. The Hall–Kier alpha value is -1.14. The van der Waals surface area contributed by atoms with Gasteiger partial charge in [0.1, 0.15) is 17.3 Å². The van der Waals surface area contributed by atoms with Crippen molar-refractivity contribution in [3.8, 4) is 11.5 Å².